The van der Waals surface area contributed by atoms with Crippen LogP contribution >= 0.6 is 23.2 Å². The van der Waals surface area contributed by atoms with Gasteiger partial charge in [0.1, 0.15) is 12.7 Å². The largest absolute Gasteiger partial charge is 0.596 e. The summed E-state index contributed by atoms with van der Waals surface area (Å²) in [6.45, 7) is 2.74. The minimum absolute atomic E-state index is 0.434. The lowest BCUT2D eigenvalue weighted by Crippen LogP contribution is -2.67. The van der Waals surface area contributed by atoms with Crippen LogP contribution in [0.3, 0.4) is 0 Å². The fourth-order valence-electron chi connectivity index (χ4n) is 2.14. The number of carbonyl (C=O) groups is 3. The Balaban J connectivity index is 3.34. The molecule has 0 radical (unpaired) electrons. The highest BCUT2D eigenvalue weighted by Crippen LogP contribution is 2.41. The molecule has 142 valence electrons. The third-order valence-electron chi connectivity index (χ3n) is 3.10. The van der Waals surface area contributed by atoms with Crippen molar-refractivity contribution in [2.45, 2.75) is 49.6 Å². The molecular formula is C12H16Cl2N2O9. The summed E-state index contributed by atoms with van der Waals surface area (Å²) < 4.78 is 20.1. The van der Waals surface area contributed by atoms with Crippen molar-refractivity contribution in [1.82, 2.24) is 0 Å². The normalized spacial score (nSPS) is 32.6. The van der Waals surface area contributed by atoms with E-state index >= 15 is 0 Å². The summed E-state index contributed by atoms with van der Waals surface area (Å²) in [7, 11) is 0. The molecule has 0 aromatic heterocycles. The molecule has 1 rings (SSSR count). The van der Waals surface area contributed by atoms with Crippen LogP contribution in [-0.2, 0) is 33.3 Å². The molecule has 0 spiro atoms. The zero-order valence-corrected chi connectivity index (χ0v) is 14.9. The zero-order chi connectivity index (χ0) is 19.4. The summed E-state index contributed by atoms with van der Waals surface area (Å²) in [4.78, 5) is 30.9. The van der Waals surface area contributed by atoms with Crippen LogP contribution in [0.15, 0.2) is 5.28 Å². The molecule has 1 unspecified atom stereocenters. The molecule has 1 saturated heterocycles. The van der Waals surface area contributed by atoms with Crippen LogP contribution in [0.5, 0.6) is 0 Å². The molecule has 11 nitrogen and oxygen atoms in total. The first-order valence-electron chi connectivity index (χ1n) is 6.82. The third-order valence-corrected chi connectivity index (χ3v) is 4.20. The van der Waals surface area contributed by atoms with Gasteiger partial charge in [0.25, 0.3) is 0 Å². The Kier molecular flexibility index (Phi) is 7.20. The number of rotatable bonds is 5. The molecular weight excluding hydrogens is 387 g/mol. The zero-order valence-electron chi connectivity index (χ0n) is 13.4. The number of alkyl halides is 2. The fraction of sp³-hybridized carbons (Fsp3) is 0.750. The molecule has 0 aromatic rings. The van der Waals surface area contributed by atoms with Gasteiger partial charge in [-0.2, -0.15) is 0 Å². The molecule has 0 amide bonds. The average molecular weight is 403 g/mol. The molecule has 1 heterocycles. The van der Waals surface area contributed by atoms with Crippen molar-refractivity contribution in [3.63, 3.8) is 0 Å². The first-order valence-corrected chi connectivity index (χ1v) is 7.64. The van der Waals surface area contributed by atoms with E-state index in [0.29, 0.717) is 0 Å². The molecule has 1 fully saturated rings. The van der Waals surface area contributed by atoms with Gasteiger partial charge in [0.05, 0.1) is 0 Å². The summed E-state index contributed by atoms with van der Waals surface area (Å²) in [5.41, 5.74) is -1.70. The van der Waals surface area contributed by atoms with Gasteiger partial charge in [-0.15, -0.1) is 0 Å². The van der Waals surface area contributed by atoms with E-state index in [1.54, 1.807) is 0 Å². The molecule has 1 aliphatic rings. The van der Waals surface area contributed by atoms with Gasteiger partial charge < -0.3 is 29.4 Å². The molecule has 1 N–H and O–H groups in total. The summed E-state index contributed by atoms with van der Waals surface area (Å²) in [6, 6.07) is 0. The van der Waals surface area contributed by atoms with E-state index in [0.717, 1.165) is 20.8 Å². The highest BCUT2D eigenvalue weighted by atomic mass is 35.5. The standard InChI is InChI=1S/C12H16Cl2N2O9/c1-5(17)22-4-8-9(23-6(2)18)10(24-7(3)19)12(14,11(13)25-8)16(21)15-20/h8-11,20H,4H2,1-3H3/t8-,9-,10+,11+,12?/m1/s1. The SMILES string of the molecule is CC(=O)OC[C@H]1O[C@H](Cl)C(Cl)([N+]([O-])=NO)[C@@H](OC(C)=O)[C@@H]1OC(C)=O. The van der Waals surface area contributed by atoms with Gasteiger partial charge in [-0.3, -0.25) is 14.4 Å². The summed E-state index contributed by atoms with van der Waals surface area (Å²) in [5, 5.41) is 23.0. The molecule has 0 aliphatic carbocycles. The second-order valence-electron chi connectivity index (χ2n) is 4.99. The molecule has 13 heteroatoms. The Morgan fingerprint density at radius 1 is 1.24 bits per heavy atom. The van der Waals surface area contributed by atoms with E-state index in [-0.39, 0.29) is 0 Å². The maximum atomic E-state index is 11.9. The smallest absolute Gasteiger partial charge is 0.355 e. The molecule has 1 aliphatic heterocycles. The Hall–Kier alpha value is -1.85. The lowest BCUT2D eigenvalue weighted by Gasteiger charge is -2.43. The van der Waals surface area contributed by atoms with Crippen LogP contribution in [0.4, 0.5) is 0 Å². The number of hydroxylamine groups is 1. The fourth-order valence-corrected chi connectivity index (χ4v) is 2.73. The van der Waals surface area contributed by atoms with Gasteiger partial charge in [0, 0.05) is 20.8 Å². The molecule has 0 saturated carbocycles. The van der Waals surface area contributed by atoms with Crippen molar-refractivity contribution in [3.8, 4) is 0 Å². The summed E-state index contributed by atoms with van der Waals surface area (Å²) >= 11 is 12.1. The maximum absolute atomic E-state index is 11.9. The quantitative estimate of drug-likeness (QED) is 0.133. The summed E-state index contributed by atoms with van der Waals surface area (Å²) in [6.07, 6.45) is -4.40. The van der Waals surface area contributed by atoms with Crippen LogP contribution in [0, 0.1) is 5.21 Å². The lowest BCUT2D eigenvalue weighted by atomic mass is 9.97. The number of nitrogens with zero attached hydrogens (tertiary/aromatic N) is 2. The Morgan fingerprint density at radius 2 is 1.80 bits per heavy atom. The van der Waals surface area contributed by atoms with Crippen LogP contribution in [0.2, 0.25) is 0 Å². The van der Waals surface area contributed by atoms with Crippen molar-refractivity contribution >= 4 is 41.1 Å². The monoisotopic (exact) mass is 402 g/mol. The van der Waals surface area contributed by atoms with Crippen molar-refractivity contribution in [2.24, 2.45) is 5.28 Å². The van der Waals surface area contributed by atoms with Crippen molar-refractivity contribution in [1.29, 1.82) is 0 Å². The Morgan fingerprint density at radius 3 is 2.24 bits per heavy atom. The van der Waals surface area contributed by atoms with Crippen LogP contribution in [0.25, 0.3) is 0 Å². The average Bonchev–Trinajstić information content (AvgIpc) is 2.51. The van der Waals surface area contributed by atoms with Crippen molar-refractivity contribution < 1.29 is 43.4 Å². The first kappa shape index (κ1) is 21.2. The molecule has 5 atom stereocenters. The van der Waals surface area contributed by atoms with Gasteiger partial charge in [0.2, 0.25) is 11.7 Å². The van der Waals surface area contributed by atoms with Gasteiger partial charge in [-0.1, -0.05) is 11.6 Å². The topological polar surface area (TPSA) is 147 Å². The van der Waals surface area contributed by atoms with Gasteiger partial charge in [0.15, 0.2) is 11.4 Å². The van der Waals surface area contributed by atoms with E-state index in [4.69, 9.17) is 47.4 Å². The highest BCUT2D eigenvalue weighted by Gasteiger charge is 2.67. The van der Waals surface area contributed by atoms with Gasteiger partial charge >= 0.3 is 22.9 Å². The molecule has 0 aromatic carbocycles. The number of ether oxygens (including phenoxy) is 4. The van der Waals surface area contributed by atoms with E-state index in [1.807, 2.05) is 0 Å². The molecule has 25 heavy (non-hydrogen) atoms. The van der Waals surface area contributed by atoms with E-state index < -0.39 is 58.2 Å². The maximum Gasteiger partial charge on any atom is 0.355 e. The number of hydrogen-bond donors (Lipinski definition) is 1. The van der Waals surface area contributed by atoms with Crippen LogP contribution in [0.1, 0.15) is 20.8 Å². The second-order valence-corrected chi connectivity index (χ2v) is 5.99. The van der Waals surface area contributed by atoms with Gasteiger partial charge in [-0.05, 0) is 16.5 Å². The lowest BCUT2D eigenvalue weighted by molar-refractivity contribution is -0.631. The van der Waals surface area contributed by atoms with Crippen LogP contribution < -0.4 is 0 Å². The second kappa shape index (κ2) is 8.50. The highest BCUT2D eigenvalue weighted by molar-refractivity contribution is 6.31. The predicted molar refractivity (Wildman–Crippen MR) is 78.7 cm³/mol. The Labute approximate surface area is 151 Å². The van der Waals surface area contributed by atoms with Crippen molar-refractivity contribution in [3.05, 3.63) is 5.21 Å². The van der Waals surface area contributed by atoms with E-state index in [9.17, 15) is 19.6 Å². The van der Waals surface area contributed by atoms with E-state index in [1.165, 1.54) is 0 Å². The molecule has 0 bridgehead atoms. The van der Waals surface area contributed by atoms with Gasteiger partial charge in [-0.25, -0.2) is 0 Å². The minimum Gasteiger partial charge on any atom is -0.596 e. The van der Waals surface area contributed by atoms with E-state index in [2.05, 4.69) is 5.28 Å². The third kappa shape index (κ3) is 4.83. The van der Waals surface area contributed by atoms with Crippen LogP contribution in [-0.4, -0.2) is 63.5 Å². The number of halogens is 2. The number of hydrogen-bond acceptors (Lipinski definition) is 9. The number of esters is 3. The van der Waals surface area contributed by atoms with Crippen molar-refractivity contribution in [2.75, 3.05) is 6.61 Å². The number of carbonyl (C=O) groups excluding carboxylic acids is 3. The minimum atomic E-state index is -2.46. The predicted octanol–water partition coefficient (Wildman–Crippen LogP) is 0.663. The Bertz CT molecular complexity index is 573. The summed E-state index contributed by atoms with van der Waals surface area (Å²) in [5.74, 6) is -2.39. The first-order chi connectivity index (χ1) is 11.5.